The Bertz CT molecular complexity index is 802. The molecule has 2 atom stereocenters. The Morgan fingerprint density at radius 3 is 2.56 bits per heavy atom. The Kier molecular flexibility index (Phi) is 5.03. The van der Waals surface area contributed by atoms with Gasteiger partial charge in [-0.1, -0.05) is 23.7 Å². The molecule has 1 fully saturated rings. The van der Waals surface area contributed by atoms with Crippen molar-refractivity contribution >= 4 is 11.6 Å². The second kappa shape index (κ2) is 7.32. The topological polar surface area (TPSA) is 73.2 Å². The summed E-state index contributed by atoms with van der Waals surface area (Å²) >= 11 is 5.91. The van der Waals surface area contributed by atoms with Gasteiger partial charge in [-0.3, -0.25) is 0 Å². The molecule has 1 saturated heterocycles. The summed E-state index contributed by atoms with van der Waals surface area (Å²) in [4.78, 5) is 2.23. The number of likely N-dealkylation sites (tertiary alicyclic amines) is 1. The summed E-state index contributed by atoms with van der Waals surface area (Å²) in [6, 6.07) is 12.2. The Balaban J connectivity index is 1.39. The lowest BCUT2D eigenvalue weighted by molar-refractivity contribution is -0.0588. The van der Waals surface area contributed by atoms with Crippen molar-refractivity contribution in [3.05, 3.63) is 58.6 Å². The lowest BCUT2D eigenvalue weighted by Crippen LogP contribution is -2.51. The van der Waals surface area contributed by atoms with Gasteiger partial charge in [0.15, 0.2) is 0 Å². The minimum Gasteiger partial charge on any atom is -0.508 e. The van der Waals surface area contributed by atoms with Crippen LogP contribution in [0.4, 0.5) is 0 Å². The van der Waals surface area contributed by atoms with Crippen molar-refractivity contribution in [1.82, 2.24) is 4.90 Å². The van der Waals surface area contributed by atoms with E-state index in [-0.39, 0.29) is 11.4 Å². The molecule has 1 spiro atoms. The molecule has 0 bridgehead atoms. The zero-order valence-corrected chi connectivity index (χ0v) is 15.8. The molecule has 0 saturated carbocycles. The number of fused-ring (bicyclic) bond motifs is 1. The van der Waals surface area contributed by atoms with Crippen LogP contribution in [0.5, 0.6) is 11.5 Å². The van der Waals surface area contributed by atoms with Crippen LogP contribution >= 0.6 is 11.6 Å². The quantitative estimate of drug-likeness (QED) is 0.750. The van der Waals surface area contributed by atoms with Crippen LogP contribution in [-0.4, -0.2) is 45.5 Å². The summed E-state index contributed by atoms with van der Waals surface area (Å²) in [6.07, 6.45) is 0.914. The van der Waals surface area contributed by atoms with Crippen molar-refractivity contribution in [2.45, 2.75) is 37.1 Å². The van der Waals surface area contributed by atoms with Crippen molar-refractivity contribution < 1.29 is 20.1 Å². The molecule has 3 N–H and O–H groups in total. The van der Waals surface area contributed by atoms with Crippen molar-refractivity contribution in [2.75, 3.05) is 19.6 Å². The highest BCUT2D eigenvalue weighted by molar-refractivity contribution is 6.30. The summed E-state index contributed by atoms with van der Waals surface area (Å²) in [5.74, 6) is 0.791. The highest BCUT2D eigenvalue weighted by Gasteiger charge is 2.43. The first-order valence-electron chi connectivity index (χ1n) is 9.30. The van der Waals surface area contributed by atoms with Crippen LogP contribution in [0.3, 0.4) is 0 Å². The number of halogens is 1. The Hall–Kier alpha value is -1.79. The van der Waals surface area contributed by atoms with Gasteiger partial charge in [-0.15, -0.1) is 0 Å². The van der Waals surface area contributed by atoms with E-state index in [1.807, 2.05) is 12.1 Å². The summed E-state index contributed by atoms with van der Waals surface area (Å²) in [5.41, 5.74) is 1.13. The SMILES string of the molecule is Oc1ccc2c(c1)[C@H](O)CC1(CCN(C[C@H](O)c3ccc(Cl)cc3)CC1)O2. The fourth-order valence-electron chi connectivity index (χ4n) is 4.11. The van der Waals surface area contributed by atoms with Gasteiger partial charge in [0.1, 0.15) is 17.1 Å². The number of benzene rings is 2. The van der Waals surface area contributed by atoms with Crippen molar-refractivity contribution in [3.63, 3.8) is 0 Å². The Morgan fingerprint density at radius 1 is 1.15 bits per heavy atom. The second-order valence-corrected chi connectivity index (χ2v) is 8.03. The number of hydrogen-bond acceptors (Lipinski definition) is 5. The van der Waals surface area contributed by atoms with E-state index in [4.69, 9.17) is 16.3 Å². The molecule has 2 heterocycles. The Labute approximate surface area is 163 Å². The molecule has 2 aliphatic heterocycles. The maximum atomic E-state index is 10.5. The lowest BCUT2D eigenvalue weighted by atomic mass is 9.81. The van der Waals surface area contributed by atoms with E-state index >= 15 is 0 Å². The highest BCUT2D eigenvalue weighted by Crippen LogP contribution is 2.45. The maximum absolute atomic E-state index is 10.5. The molecule has 2 aliphatic rings. The highest BCUT2D eigenvalue weighted by atomic mass is 35.5. The molecule has 27 heavy (non-hydrogen) atoms. The second-order valence-electron chi connectivity index (χ2n) is 7.60. The fraction of sp³-hybridized carbons (Fsp3) is 0.429. The molecule has 0 aliphatic carbocycles. The predicted octanol–water partition coefficient (Wildman–Crippen LogP) is 3.43. The Morgan fingerprint density at radius 2 is 1.85 bits per heavy atom. The number of nitrogens with zero attached hydrogens (tertiary/aromatic N) is 1. The van der Waals surface area contributed by atoms with Crippen LogP contribution in [0.1, 0.15) is 42.6 Å². The van der Waals surface area contributed by atoms with Crippen LogP contribution in [0.15, 0.2) is 42.5 Å². The van der Waals surface area contributed by atoms with Gasteiger partial charge in [-0.25, -0.2) is 0 Å². The number of rotatable bonds is 3. The molecule has 5 nitrogen and oxygen atoms in total. The number of aliphatic hydroxyl groups excluding tert-OH is 2. The fourth-order valence-corrected chi connectivity index (χ4v) is 4.24. The molecular formula is C21H24ClNO4. The van der Waals surface area contributed by atoms with Crippen LogP contribution < -0.4 is 4.74 Å². The third-order valence-electron chi connectivity index (χ3n) is 5.70. The van der Waals surface area contributed by atoms with Crippen LogP contribution in [0, 0.1) is 0 Å². The van der Waals surface area contributed by atoms with Gasteiger partial charge in [0.25, 0.3) is 0 Å². The number of aliphatic hydroxyl groups is 2. The van der Waals surface area contributed by atoms with E-state index in [1.54, 1.807) is 30.3 Å². The molecule has 0 amide bonds. The number of hydrogen-bond donors (Lipinski definition) is 3. The monoisotopic (exact) mass is 389 g/mol. The average Bonchev–Trinajstić information content (AvgIpc) is 2.65. The molecule has 144 valence electrons. The molecule has 2 aromatic carbocycles. The third-order valence-corrected chi connectivity index (χ3v) is 5.95. The van der Waals surface area contributed by atoms with Crippen LogP contribution in [-0.2, 0) is 0 Å². The minimum absolute atomic E-state index is 0.137. The van der Waals surface area contributed by atoms with Crippen molar-refractivity contribution in [3.8, 4) is 11.5 Å². The van der Waals surface area contributed by atoms with E-state index in [0.717, 1.165) is 31.5 Å². The molecular weight excluding hydrogens is 366 g/mol. The van der Waals surface area contributed by atoms with Gasteiger partial charge < -0.3 is 25.0 Å². The predicted molar refractivity (Wildman–Crippen MR) is 103 cm³/mol. The number of ether oxygens (including phenoxy) is 1. The maximum Gasteiger partial charge on any atom is 0.126 e. The first-order valence-corrected chi connectivity index (χ1v) is 9.68. The van der Waals surface area contributed by atoms with Gasteiger partial charge in [0.05, 0.1) is 12.2 Å². The number of phenolic OH excluding ortho intramolecular Hbond substituents is 1. The molecule has 0 unspecified atom stereocenters. The van der Waals surface area contributed by atoms with E-state index in [2.05, 4.69) is 4.90 Å². The smallest absolute Gasteiger partial charge is 0.126 e. The zero-order chi connectivity index (χ0) is 19.0. The average molecular weight is 390 g/mol. The standard InChI is InChI=1S/C21H24ClNO4/c22-15-3-1-14(2-4-15)19(26)13-23-9-7-21(8-10-23)12-18(25)17-11-16(24)5-6-20(17)27-21/h1-6,11,18-19,24-26H,7-10,12-13H2/t18-,19+/m1/s1. The van der Waals surface area contributed by atoms with E-state index in [0.29, 0.717) is 29.3 Å². The number of piperidine rings is 1. The molecule has 0 aromatic heterocycles. The summed E-state index contributed by atoms with van der Waals surface area (Å²) in [5, 5.41) is 31.3. The zero-order valence-electron chi connectivity index (χ0n) is 15.0. The number of aromatic hydroxyl groups is 1. The molecule has 0 radical (unpaired) electrons. The third kappa shape index (κ3) is 3.92. The van der Waals surface area contributed by atoms with Crippen LogP contribution in [0.25, 0.3) is 0 Å². The van der Waals surface area contributed by atoms with Crippen LogP contribution in [0.2, 0.25) is 5.02 Å². The summed E-state index contributed by atoms with van der Waals surface area (Å²) in [7, 11) is 0. The van der Waals surface area contributed by atoms with Crippen molar-refractivity contribution in [1.29, 1.82) is 0 Å². The molecule has 4 rings (SSSR count). The first-order chi connectivity index (χ1) is 12.9. The van der Waals surface area contributed by atoms with E-state index in [9.17, 15) is 15.3 Å². The first kappa shape index (κ1) is 18.6. The summed E-state index contributed by atoms with van der Waals surface area (Å²) in [6.45, 7) is 2.15. The van der Waals surface area contributed by atoms with Gasteiger partial charge in [-0.05, 0) is 48.7 Å². The largest absolute Gasteiger partial charge is 0.508 e. The lowest BCUT2D eigenvalue weighted by Gasteiger charge is -2.46. The number of β-amino-alcohol motifs (C(OH)–C–C–N with tert-alkyl or cyclic N) is 1. The molecule has 2 aromatic rings. The number of phenols is 1. The van der Waals surface area contributed by atoms with E-state index < -0.39 is 12.2 Å². The van der Waals surface area contributed by atoms with Gasteiger partial charge in [-0.2, -0.15) is 0 Å². The summed E-state index contributed by atoms with van der Waals surface area (Å²) < 4.78 is 6.26. The van der Waals surface area contributed by atoms with Gasteiger partial charge in [0.2, 0.25) is 0 Å². The molecule has 6 heteroatoms. The van der Waals surface area contributed by atoms with E-state index in [1.165, 1.54) is 0 Å². The minimum atomic E-state index is -0.632. The van der Waals surface area contributed by atoms with Gasteiger partial charge in [0, 0.05) is 36.6 Å². The normalized spacial score (nSPS) is 22.9. The van der Waals surface area contributed by atoms with Crippen molar-refractivity contribution in [2.24, 2.45) is 0 Å². The van der Waals surface area contributed by atoms with Gasteiger partial charge >= 0.3 is 0 Å².